The van der Waals surface area contributed by atoms with Crippen LogP contribution >= 0.6 is 27.7 Å². The summed E-state index contributed by atoms with van der Waals surface area (Å²) in [5.41, 5.74) is 1.19. The number of rotatable bonds is 4. The molecule has 0 aliphatic carbocycles. The topological polar surface area (TPSA) is 23.8 Å². The molecule has 18 heavy (non-hydrogen) atoms. The summed E-state index contributed by atoms with van der Waals surface area (Å²) in [6.45, 7) is 0. The Bertz CT molecular complexity index is 548. The molecule has 0 saturated carbocycles. The average Bonchev–Trinajstić information content (AvgIpc) is 2.42. The van der Waals surface area contributed by atoms with Gasteiger partial charge in [-0.3, -0.25) is 0 Å². The van der Waals surface area contributed by atoms with Gasteiger partial charge in [0.25, 0.3) is 0 Å². The monoisotopic (exact) mass is 317 g/mol. The van der Waals surface area contributed by atoms with Crippen molar-refractivity contribution in [3.8, 4) is 6.07 Å². The Labute approximate surface area is 120 Å². The van der Waals surface area contributed by atoms with Crippen molar-refractivity contribution in [3.05, 3.63) is 64.6 Å². The van der Waals surface area contributed by atoms with Crippen molar-refractivity contribution >= 4 is 27.7 Å². The van der Waals surface area contributed by atoms with Crippen molar-refractivity contribution in [1.82, 2.24) is 0 Å². The molecule has 1 unspecified atom stereocenters. The third-order valence-corrected chi connectivity index (χ3v) is 4.84. The number of nitrogens with zero attached hydrogens (tertiary/aromatic N) is 1. The molecule has 2 rings (SSSR count). The molecule has 0 amide bonds. The molecule has 3 heteroatoms. The maximum atomic E-state index is 8.97. The highest BCUT2D eigenvalue weighted by molar-refractivity contribution is 9.10. The van der Waals surface area contributed by atoms with Crippen molar-refractivity contribution in [2.75, 3.05) is 0 Å². The first-order valence-electron chi connectivity index (χ1n) is 5.64. The lowest BCUT2D eigenvalue weighted by Gasteiger charge is -2.14. The zero-order chi connectivity index (χ0) is 12.8. The molecule has 0 aromatic heterocycles. The molecule has 0 saturated heterocycles. The van der Waals surface area contributed by atoms with Crippen LogP contribution in [0, 0.1) is 11.3 Å². The van der Waals surface area contributed by atoms with Crippen LogP contribution in [0.3, 0.4) is 0 Å². The van der Waals surface area contributed by atoms with Gasteiger partial charge in [0.2, 0.25) is 0 Å². The molecule has 0 aliphatic heterocycles. The third kappa shape index (κ3) is 3.38. The molecule has 2 aromatic carbocycles. The number of hydrogen-bond donors (Lipinski definition) is 0. The molecule has 0 heterocycles. The minimum absolute atomic E-state index is 0.176. The van der Waals surface area contributed by atoms with Crippen molar-refractivity contribution in [2.24, 2.45) is 0 Å². The van der Waals surface area contributed by atoms with Crippen molar-refractivity contribution < 1.29 is 0 Å². The van der Waals surface area contributed by atoms with Gasteiger partial charge >= 0.3 is 0 Å². The minimum Gasteiger partial charge on any atom is -0.198 e. The summed E-state index contributed by atoms with van der Waals surface area (Å²) < 4.78 is 1.08. The Morgan fingerprint density at radius 1 is 1.06 bits per heavy atom. The number of thioether (sulfide) groups is 1. The van der Waals surface area contributed by atoms with Crippen LogP contribution in [-0.4, -0.2) is 0 Å². The van der Waals surface area contributed by atoms with E-state index in [0.717, 1.165) is 4.47 Å². The number of benzene rings is 2. The summed E-state index contributed by atoms with van der Waals surface area (Å²) in [5.74, 6) is 0. The molecule has 2 aromatic rings. The smallest absolute Gasteiger partial charge is 0.0637 e. The fourth-order valence-electron chi connectivity index (χ4n) is 1.67. The summed E-state index contributed by atoms with van der Waals surface area (Å²) >= 11 is 5.27. The van der Waals surface area contributed by atoms with Crippen LogP contribution in [0.15, 0.2) is 64.0 Å². The van der Waals surface area contributed by atoms with E-state index < -0.39 is 0 Å². The molecule has 1 nitrogen and oxygen atoms in total. The minimum atomic E-state index is 0.176. The molecule has 0 fully saturated rings. The summed E-state index contributed by atoms with van der Waals surface area (Å²) in [6.07, 6.45) is 0.510. The van der Waals surface area contributed by atoms with Crippen molar-refractivity contribution in [1.29, 1.82) is 5.26 Å². The van der Waals surface area contributed by atoms with Crippen molar-refractivity contribution in [2.45, 2.75) is 16.6 Å². The summed E-state index contributed by atoms with van der Waals surface area (Å²) in [5, 5.41) is 9.15. The lowest BCUT2D eigenvalue weighted by molar-refractivity contribution is 0.977. The van der Waals surface area contributed by atoms with Gasteiger partial charge in [-0.1, -0.05) is 42.5 Å². The number of nitriles is 1. The van der Waals surface area contributed by atoms with E-state index in [-0.39, 0.29) is 5.25 Å². The van der Waals surface area contributed by atoms with Gasteiger partial charge in [-0.15, -0.1) is 11.8 Å². The zero-order valence-electron chi connectivity index (χ0n) is 9.71. The predicted octanol–water partition coefficient (Wildman–Crippen LogP) is 5.20. The first kappa shape index (κ1) is 13.2. The molecule has 0 N–H and O–H groups in total. The SMILES string of the molecule is N#CCC(Sc1ccccc1Br)c1ccccc1. The second-order valence-corrected chi connectivity index (χ2v) is 5.91. The standard InChI is InChI=1S/C15H12BrNS/c16-13-8-4-5-9-15(13)18-14(10-11-17)12-6-2-1-3-7-12/h1-9,14H,10H2. The molecular weight excluding hydrogens is 306 g/mol. The van der Waals surface area contributed by atoms with Crippen LogP contribution in [0.2, 0.25) is 0 Å². The second kappa shape index (κ2) is 6.63. The van der Waals surface area contributed by atoms with Crippen LogP contribution in [0.1, 0.15) is 17.2 Å². The van der Waals surface area contributed by atoms with Crippen LogP contribution in [0.25, 0.3) is 0 Å². The summed E-state index contributed by atoms with van der Waals surface area (Å²) in [4.78, 5) is 1.17. The van der Waals surface area contributed by atoms with E-state index >= 15 is 0 Å². The Morgan fingerprint density at radius 2 is 1.72 bits per heavy atom. The van der Waals surface area contributed by atoms with Gasteiger partial charge in [-0.25, -0.2) is 0 Å². The van der Waals surface area contributed by atoms with E-state index in [1.54, 1.807) is 11.8 Å². The lowest BCUT2D eigenvalue weighted by atomic mass is 10.1. The molecular formula is C15H12BrNS. The zero-order valence-corrected chi connectivity index (χ0v) is 12.1. The first-order valence-corrected chi connectivity index (χ1v) is 7.31. The molecule has 0 aliphatic rings. The summed E-state index contributed by atoms with van der Waals surface area (Å²) in [6, 6.07) is 20.6. The normalized spacial score (nSPS) is 11.8. The van der Waals surface area contributed by atoms with Gasteiger partial charge < -0.3 is 0 Å². The maximum Gasteiger partial charge on any atom is 0.0637 e. The average molecular weight is 318 g/mol. The Balaban J connectivity index is 2.23. The highest BCUT2D eigenvalue weighted by Gasteiger charge is 2.13. The van der Waals surface area contributed by atoms with Crippen LogP contribution in [0.4, 0.5) is 0 Å². The molecule has 0 spiro atoms. The van der Waals surface area contributed by atoms with Crippen LogP contribution in [-0.2, 0) is 0 Å². The Kier molecular flexibility index (Phi) is 4.86. The first-order chi connectivity index (χ1) is 8.81. The van der Waals surface area contributed by atoms with Crippen LogP contribution in [0.5, 0.6) is 0 Å². The highest BCUT2D eigenvalue weighted by atomic mass is 79.9. The molecule has 0 radical (unpaired) electrons. The van der Waals surface area contributed by atoms with Gasteiger partial charge in [-0.2, -0.15) is 5.26 Å². The summed E-state index contributed by atoms with van der Waals surface area (Å²) in [7, 11) is 0. The lowest BCUT2D eigenvalue weighted by Crippen LogP contribution is -1.93. The van der Waals surface area contributed by atoms with E-state index in [1.807, 2.05) is 36.4 Å². The van der Waals surface area contributed by atoms with Gasteiger partial charge in [0.1, 0.15) is 0 Å². The van der Waals surface area contributed by atoms with Gasteiger partial charge in [0.15, 0.2) is 0 Å². The third-order valence-electron chi connectivity index (χ3n) is 2.55. The number of hydrogen-bond acceptors (Lipinski definition) is 2. The molecule has 90 valence electrons. The predicted molar refractivity (Wildman–Crippen MR) is 79.4 cm³/mol. The molecule has 1 atom stereocenters. The van der Waals surface area contributed by atoms with Gasteiger partial charge in [0, 0.05) is 14.6 Å². The number of halogens is 1. The Hall–Kier alpha value is -1.24. The maximum absolute atomic E-state index is 8.97. The fraction of sp³-hybridized carbons (Fsp3) is 0.133. The largest absolute Gasteiger partial charge is 0.198 e. The van der Waals surface area contributed by atoms with Gasteiger partial charge in [-0.05, 0) is 33.6 Å². The second-order valence-electron chi connectivity index (χ2n) is 3.81. The fourth-order valence-corrected chi connectivity index (χ4v) is 3.33. The van der Waals surface area contributed by atoms with Crippen molar-refractivity contribution in [3.63, 3.8) is 0 Å². The molecule has 0 bridgehead atoms. The van der Waals surface area contributed by atoms with E-state index in [0.29, 0.717) is 6.42 Å². The highest BCUT2D eigenvalue weighted by Crippen LogP contribution is 2.40. The van der Waals surface area contributed by atoms with E-state index in [1.165, 1.54) is 10.5 Å². The van der Waals surface area contributed by atoms with Crippen LogP contribution < -0.4 is 0 Å². The van der Waals surface area contributed by atoms with Gasteiger partial charge in [0.05, 0.1) is 12.5 Å². The quantitative estimate of drug-likeness (QED) is 0.724. The van der Waals surface area contributed by atoms with E-state index in [9.17, 15) is 0 Å². The Morgan fingerprint density at radius 3 is 2.39 bits per heavy atom. The van der Waals surface area contributed by atoms with E-state index in [4.69, 9.17) is 5.26 Å². The van der Waals surface area contributed by atoms with E-state index in [2.05, 4.69) is 40.2 Å².